The zero-order valence-electron chi connectivity index (χ0n) is 7.27. The van der Waals surface area contributed by atoms with Crippen LogP contribution in [0.4, 0.5) is 13.2 Å². The van der Waals surface area contributed by atoms with Crippen LogP contribution in [-0.2, 0) is 5.60 Å². The summed E-state index contributed by atoms with van der Waals surface area (Å²) in [5, 5.41) is 9.27. The molecule has 0 fully saturated rings. The molecule has 0 saturated carbocycles. The molecule has 0 amide bonds. The second-order valence-electron chi connectivity index (χ2n) is 3.08. The summed E-state index contributed by atoms with van der Waals surface area (Å²) < 4.78 is 37.7. The Bertz CT molecular complexity index is 316. The maximum absolute atomic E-state index is 12.4. The van der Waals surface area contributed by atoms with E-state index in [9.17, 15) is 18.3 Å². The lowest BCUT2D eigenvalue weighted by molar-refractivity contribution is -0.258. The van der Waals surface area contributed by atoms with E-state index in [0.29, 0.717) is 4.47 Å². The Labute approximate surface area is 87.7 Å². The average molecular weight is 269 g/mol. The zero-order valence-corrected chi connectivity index (χ0v) is 8.85. The summed E-state index contributed by atoms with van der Waals surface area (Å²) in [4.78, 5) is 0. The van der Waals surface area contributed by atoms with Gasteiger partial charge >= 0.3 is 6.18 Å². The highest BCUT2D eigenvalue weighted by Gasteiger charge is 2.50. The van der Waals surface area contributed by atoms with Crippen LogP contribution in [-0.4, -0.2) is 11.3 Å². The van der Waals surface area contributed by atoms with Gasteiger partial charge in [-0.15, -0.1) is 0 Å². The van der Waals surface area contributed by atoms with Crippen LogP contribution in [0.3, 0.4) is 0 Å². The second-order valence-corrected chi connectivity index (χ2v) is 3.99. The molecule has 0 saturated heterocycles. The van der Waals surface area contributed by atoms with Gasteiger partial charge in [0.1, 0.15) is 0 Å². The number of halogens is 4. The Kier molecular flexibility index (Phi) is 2.92. The van der Waals surface area contributed by atoms with Gasteiger partial charge in [0.05, 0.1) is 0 Å². The summed E-state index contributed by atoms with van der Waals surface area (Å²) in [6.45, 7) is 0.732. The van der Waals surface area contributed by atoms with Gasteiger partial charge in [-0.2, -0.15) is 13.2 Å². The molecule has 1 aromatic carbocycles. The first-order valence-electron chi connectivity index (χ1n) is 3.80. The minimum Gasteiger partial charge on any atom is -0.376 e. The highest BCUT2D eigenvalue weighted by Crippen LogP contribution is 2.38. The Morgan fingerprint density at radius 1 is 1.14 bits per heavy atom. The standard InChI is InChI=1S/C9H8BrF3O/c1-8(14,9(11,12)13)6-2-4-7(10)5-3-6/h2-5,14H,1H3/t8-/m1/s1. The van der Waals surface area contributed by atoms with Gasteiger partial charge in [-0.1, -0.05) is 28.1 Å². The first-order chi connectivity index (χ1) is 6.25. The largest absolute Gasteiger partial charge is 0.421 e. The van der Waals surface area contributed by atoms with E-state index >= 15 is 0 Å². The van der Waals surface area contributed by atoms with Gasteiger partial charge in [-0.05, 0) is 24.6 Å². The lowest BCUT2D eigenvalue weighted by Crippen LogP contribution is -2.39. The van der Waals surface area contributed by atoms with Gasteiger partial charge in [0, 0.05) is 4.47 Å². The first-order valence-corrected chi connectivity index (χ1v) is 4.59. The number of alkyl halides is 3. The van der Waals surface area contributed by atoms with E-state index < -0.39 is 11.8 Å². The molecule has 78 valence electrons. The molecule has 1 atom stereocenters. The molecule has 1 aromatic rings. The fraction of sp³-hybridized carbons (Fsp3) is 0.333. The van der Waals surface area contributed by atoms with Gasteiger partial charge in [-0.3, -0.25) is 0 Å². The molecule has 14 heavy (non-hydrogen) atoms. The van der Waals surface area contributed by atoms with E-state index in [1.54, 1.807) is 0 Å². The lowest BCUT2D eigenvalue weighted by Gasteiger charge is -2.26. The Morgan fingerprint density at radius 2 is 1.57 bits per heavy atom. The summed E-state index contributed by atoms with van der Waals surface area (Å²) in [5.74, 6) is 0. The number of hydrogen-bond donors (Lipinski definition) is 1. The molecule has 0 unspecified atom stereocenters. The van der Waals surface area contributed by atoms with Gasteiger partial charge in [0.2, 0.25) is 0 Å². The molecule has 5 heteroatoms. The van der Waals surface area contributed by atoms with Gasteiger partial charge < -0.3 is 5.11 Å². The molecule has 0 radical (unpaired) electrons. The second kappa shape index (κ2) is 3.55. The molecule has 0 aliphatic carbocycles. The third-order valence-electron chi connectivity index (χ3n) is 1.96. The Morgan fingerprint density at radius 3 is 1.93 bits per heavy atom. The van der Waals surface area contributed by atoms with Crippen LogP contribution in [0.15, 0.2) is 28.7 Å². The van der Waals surface area contributed by atoms with Crippen molar-refractivity contribution in [3.63, 3.8) is 0 Å². The highest BCUT2D eigenvalue weighted by atomic mass is 79.9. The van der Waals surface area contributed by atoms with Crippen LogP contribution in [0, 0.1) is 0 Å². The summed E-state index contributed by atoms with van der Waals surface area (Å²) in [5.41, 5.74) is -2.97. The predicted molar refractivity (Wildman–Crippen MR) is 49.8 cm³/mol. The molecule has 1 nitrogen and oxygen atoms in total. The highest BCUT2D eigenvalue weighted by molar-refractivity contribution is 9.10. The van der Waals surface area contributed by atoms with E-state index in [1.807, 2.05) is 0 Å². The van der Waals surface area contributed by atoms with Crippen molar-refractivity contribution in [3.8, 4) is 0 Å². The SMILES string of the molecule is C[C@@](O)(c1ccc(Br)cc1)C(F)(F)F. The minimum absolute atomic E-state index is 0.173. The van der Waals surface area contributed by atoms with Crippen LogP contribution < -0.4 is 0 Å². The smallest absolute Gasteiger partial charge is 0.376 e. The maximum Gasteiger partial charge on any atom is 0.421 e. The molecule has 1 rings (SSSR count). The average Bonchev–Trinajstić information content (AvgIpc) is 2.03. The normalized spacial score (nSPS) is 16.4. The number of hydrogen-bond acceptors (Lipinski definition) is 1. The lowest BCUT2D eigenvalue weighted by atomic mass is 9.96. The summed E-state index contributed by atoms with van der Waals surface area (Å²) in [6, 6.07) is 5.38. The van der Waals surface area contributed by atoms with Crippen molar-refractivity contribution in [2.75, 3.05) is 0 Å². The van der Waals surface area contributed by atoms with E-state index in [-0.39, 0.29) is 5.56 Å². The molecule has 0 aliphatic rings. The summed E-state index contributed by atoms with van der Waals surface area (Å²) in [7, 11) is 0. The number of benzene rings is 1. The van der Waals surface area contributed by atoms with Gasteiger partial charge in [-0.25, -0.2) is 0 Å². The molecular formula is C9H8BrF3O. The Hall–Kier alpha value is -0.550. The van der Waals surface area contributed by atoms with E-state index in [4.69, 9.17) is 0 Å². The maximum atomic E-state index is 12.4. The number of rotatable bonds is 1. The topological polar surface area (TPSA) is 20.2 Å². The molecule has 0 aliphatic heterocycles. The monoisotopic (exact) mass is 268 g/mol. The van der Waals surface area contributed by atoms with Crippen molar-refractivity contribution in [1.82, 2.24) is 0 Å². The van der Waals surface area contributed by atoms with Crippen molar-refractivity contribution < 1.29 is 18.3 Å². The quantitative estimate of drug-likeness (QED) is 0.829. The summed E-state index contributed by atoms with van der Waals surface area (Å²) in [6.07, 6.45) is -4.67. The first kappa shape index (κ1) is 11.5. The van der Waals surface area contributed by atoms with Crippen molar-refractivity contribution in [3.05, 3.63) is 34.3 Å². The van der Waals surface area contributed by atoms with Crippen LogP contribution in [0.1, 0.15) is 12.5 Å². The van der Waals surface area contributed by atoms with Crippen molar-refractivity contribution >= 4 is 15.9 Å². The molecule has 0 heterocycles. The Balaban J connectivity index is 3.10. The van der Waals surface area contributed by atoms with E-state index in [0.717, 1.165) is 6.92 Å². The molecular weight excluding hydrogens is 261 g/mol. The van der Waals surface area contributed by atoms with Crippen molar-refractivity contribution in [2.45, 2.75) is 18.7 Å². The molecule has 1 N–H and O–H groups in total. The van der Waals surface area contributed by atoms with Crippen LogP contribution in [0.2, 0.25) is 0 Å². The van der Waals surface area contributed by atoms with Gasteiger partial charge in [0.15, 0.2) is 5.60 Å². The molecule has 0 aromatic heterocycles. The minimum atomic E-state index is -4.67. The van der Waals surface area contributed by atoms with Crippen molar-refractivity contribution in [1.29, 1.82) is 0 Å². The predicted octanol–water partition coefficient (Wildman–Crippen LogP) is 3.22. The third-order valence-corrected chi connectivity index (χ3v) is 2.49. The van der Waals surface area contributed by atoms with Crippen molar-refractivity contribution in [2.24, 2.45) is 0 Å². The van der Waals surface area contributed by atoms with E-state index in [1.165, 1.54) is 24.3 Å². The van der Waals surface area contributed by atoms with E-state index in [2.05, 4.69) is 15.9 Å². The zero-order chi connectivity index (χ0) is 11.0. The summed E-state index contributed by atoms with van der Waals surface area (Å²) >= 11 is 3.10. The molecule has 0 spiro atoms. The van der Waals surface area contributed by atoms with Crippen LogP contribution in [0.25, 0.3) is 0 Å². The van der Waals surface area contributed by atoms with Gasteiger partial charge in [0.25, 0.3) is 0 Å². The fourth-order valence-corrected chi connectivity index (χ4v) is 1.20. The van der Waals surface area contributed by atoms with Crippen LogP contribution in [0.5, 0.6) is 0 Å². The fourth-order valence-electron chi connectivity index (χ4n) is 0.938. The molecule has 0 bridgehead atoms. The third kappa shape index (κ3) is 2.09. The number of aliphatic hydroxyl groups is 1. The van der Waals surface area contributed by atoms with Crippen LogP contribution >= 0.6 is 15.9 Å².